The summed E-state index contributed by atoms with van der Waals surface area (Å²) in [5.41, 5.74) is 0. The smallest absolute Gasteiger partial charge is 0.203 e. The maximum atomic E-state index is 11.5. The molecular formula is C14H23N3O2S. The lowest BCUT2D eigenvalue weighted by atomic mass is 9.95. The topological polar surface area (TPSA) is 64.0 Å². The summed E-state index contributed by atoms with van der Waals surface area (Å²) >= 11 is 0. The number of rotatable bonds is 3. The Balaban J connectivity index is 1.65. The highest BCUT2D eigenvalue weighted by Crippen LogP contribution is 2.30. The highest BCUT2D eigenvalue weighted by atomic mass is 32.2. The Morgan fingerprint density at radius 2 is 1.80 bits per heavy atom. The third-order valence-corrected chi connectivity index (χ3v) is 6.24. The van der Waals surface area contributed by atoms with Gasteiger partial charge in [0.1, 0.15) is 9.84 Å². The predicted molar refractivity (Wildman–Crippen MR) is 79.6 cm³/mol. The van der Waals surface area contributed by atoms with E-state index in [4.69, 9.17) is 0 Å². The van der Waals surface area contributed by atoms with Crippen molar-refractivity contribution in [3.63, 3.8) is 0 Å². The fraction of sp³-hybridized carbons (Fsp3) is 0.786. The van der Waals surface area contributed by atoms with E-state index in [2.05, 4.69) is 21.1 Å². The average molecular weight is 297 g/mol. The Morgan fingerprint density at radius 3 is 2.50 bits per heavy atom. The highest BCUT2D eigenvalue weighted by Gasteiger charge is 2.25. The molecular weight excluding hydrogens is 274 g/mol. The van der Waals surface area contributed by atoms with E-state index in [9.17, 15) is 8.42 Å². The van der Waals surface area contributed by atoms with Crippen LogP contribution in [0.25, 0.3) is 0 Å². The van der Waals surface area contributed by atoms with Gasteiger partial charge in [-0.3, -0.25) is 0 Å². The molecule has 5 nitrogen and oxygen atoms in total. The van der Waals surface area contributed by atoms with Gasteiger partial charge >= 0.3 is 0 Å². The van der Waals surface area contributed by atoms with Gasteiger partial charge < -0.3 is 9.88 Å². The minimum atomic E-state index is -2.79. The van der Waals surface area contributed by atoms with Crippen molar-refractivity contribution in [2.75, 3.05) is 16.8 Å². The molecule has 112 valence electrons. The van der Waals surface area contributed by atoms with Gasteiger partial charge in [0.15, 0.2) is 0 Å². The zero-order chi connectivity index (χ0) is 14.0. The predicted octanol–water partition coefficient (Wildman–Crippen LogP) is 2.38. The van der Waals surface area contributed by atoms with Gasteiger partial charge in [-0.05, 0) is 25.7 Å². The number of aromatic nitrogens is 2. The van der Waals surface area contributed by atoms with E-state index in [1.54, 1.807) is 0 Å². The summed E-state index contributed by atoms with van der Waals surface area (Å²) in [4.78, 5) is 4.42. The van der Waals surface area contributed by atoms with Crippen LogP contribution in [0.4, 0.5) is 5.95 Å². The van der Waals surface area contributed by atoms with Crippen LogP contribution in [0.1, 0.15) is 51.0 Å². The minimum Gasteiger partial charge on any atom is -0.353 e. The SMILES string of the molecule is O=S1(=O)CCC(Nc2nccn2C2CCCCC2)CC1. The van der Waals surface area contributed by atoms with Crippen molar-refractivity contribution in [2.45, 2.75) is 57.0 Å². The van der Waals surface area contributed by atoms with Crippen LogP contribution in [-0.2, 0) is 9.84 Å². The number of hydrogen-bond acceptors (Lipinski definition) is 4. The molecule has 0 atom stereocenters. The number of imidazole rings is 1. The highest BCUT2D eigenvalue weighted by molar-refractivity contribution is 7.91. The third-order valence-electron chi connectivity index (χ3n) is 4.52. The van der Waals surface area contributed by atoms with E-state index in [0.717, 1.165) is 5.95 Å². The second-order valence-corrected chi connectivity index (χ2v) is 8.32. The van der Waals surface area contributed by atoms with Crippen molar-refractivity contribution in [3.8, 4) is 0 Å². The van der Waals surface area contributed by atoms with Gasteiger partial charge in [-0.2, -0.15) is 0 Å². The Hall–Kier alpha value is -1.04. The summed E-state index contributed by atoms with van der Waals surface area (Å²) in [5.74, 6) is 1.52. The van der Waals surface area contributed by atoms with Gasteiger partial charge in [0, 0.05) is 24.5 Å². The van der Waals surface area contributed by atoms with E-state index in [-0.39, 0.29) is 6.04 Å². The fourth-order valence-electron chi connectivity index (χ4n) is 3.30. The van der Waals surface area contributed by atoms with Crippen molar-refractivity contribution in [1.29, 1.82) is 0 Å². The van der Waals surface area contributed by atoms with Crippen LogP contribution in [0.2, 0.25) is 0 Å². The fourth-order valence-corrected chi connectivity index (χ4v) is 4.79. The molecule has 1 aliphatic carbocycles. The molecule has 0 radical (unpaired) electrons. The third kappa shape index (κ3) is 3.16. The van der Waals surface area contributed by atoms with Crippen LogP contribution in [-0.4, -0.2) is 35.5 Å². The van der Waals surface area contributed by atoms with Crippen LogP contribution in [0.15, 0.2) is 12.4 Å². The molecule has 1 aliphatic heterocycles. The molecule has 1 N–H and O–H groups in total. The van der Waals surface area contributed by atoms with Gasteiger partial charge in [0.05, 0.1) is 11.5 Å². The van der Waals surface area contributed by atoms with Crippen LogP contribution < -0.4 is 5.32 Å². The van der Waals surface area contributed by atoms with E-state index in [0.29, 0.717) is 30.4 Å². The van der Waals surface area contributed by atoms with Crippen molar-refractivity contribution in [2.24, 2.45) is 0 Å². The first-order valence-electron chi connectivity index (χ1n) is 7.64. The monoisotopic (exact) mass is 297 g/mol. The maximum absolute atomic E-state index is 11.5. The lowest BCUT2D eigenvalue weighted by Gasteiger charge is -2.28. The Kier molecular flexibility index (Phi) is 4.01. The van der Waals surface area contributed by atoms with Gasteiger partial charge in [0.25, 0.3) is 0 Å². The first kappa shape index (κ1) is 13.9. The molecule has 2 aliphatic rings. The Morgan fingerprint density at radius 1 is 1.10 bits per heavy atom. The molecule has 0 aromatic carbocycles. The molecule has 3 rings (SSSR count). The molecule has 20 heavy (non-hydrogen) atoms. The quantitative estimate of drug-likeness (QED) is 0.930. The summed E-state index contributed by atoms with van der Waals surface area (Å²) in [6.07, 6.45) is 11.7. The number of anilines is 1. The van der Waals surface area contributed by atoms with Gasteiger partial charge in [-0.1, -0.05) is 19.3 Å². The van der Waals surface area contributed by atoms with E-state index >= 15 is 0 Å². The lowest BCUT2D eigenvalue weighted by Crippen LogP contribution is -2.33. The average Bonchev–Trinajstić information content (AvgIpc) is 2.90. The van der Waals surface area contributed by atoms with Crippen molar-refractivity contribution in [1.82, 2.24) is 9.55 Å². The second-order valence-electron chi connectivity index (χ2n) is 6.02. The molecule has 0 bridgehead atoms. The maximum Gasteiger partial charge on any atom is 0.203 e. The van der Waals surface area contributed by atoms with Crippen molar-refractivity contribution < 1.29 is 8.42 Å². The summed E-state index contributed by atoms with van der Waals surface area (Å²) in [6.45, 7) is 0. The zero-order valence-electron chi connectivity index (χ0n) is 11.8. The Labute approximate surface area is 120 Å². The van der Waals surface area contributed by atoms with E-state index in [1.807, 2.05) is 6.20 Å². The van der Waals surface area contributed by atoms with Crippen LogP contribution in [0, 0.1) is 0 Å². The minimum absolute atomic E-state index is 0.239. The molecule has 0 amide bonds. The summed E-state index contributed by atoms with van der Waals surface area (Å²) in [7, 11) is -2.79. The largest absolute Gasteiger partial charge is 0.353 e. The standard InChI is InChI=1S/C14H23N3O2S/c18-20(19)10-6-12(7-11-20)16-14-15-8-9-17(14)13-4-2-1-3-5-13/h8-9,12-13H,1-7,10-11H2,(H,15,16). The first-order chi connectivity index (χ1) is 9.64. The molecule has 0 unspecified atom stereocenters. The first-order valence-corrected chi connectivity index (χ1v) is 9.46. The number of sulfone groups is 1. The molecule has 1 aromatic heterocycles. The van der Waals surface area contributed by atoms with Gasteiger partial charge in [0.2, 0.25) is 5.95 Å². The summed E-state index contributed by atoms with van der Waals surface area (Å²) in [6, 6.07) is 0.796. The summed E-state index contributed by atoms with van der Waals surface area (Å²) in [5, 5.41) is 3.45. The van der Waals surface area contributed by atoms with Crippen LogP contribution in [0.5, 0.6) is 0 Å². The zero-order valence-corrected chi connectivity index (χ0v) is 12.6. The number of nitrogens with zero attached hydrogens (tertiary/aromatic N) is 2. The molecule has 2 heterocycles. The molecule has 1 saturated carbocycles. The number of hydrogen-bond donors (Lipinski definition) is 1. The lowest BCUT2D eigenvalue weighted by molar-refractivity contribution is 0.355. The van der Waals surface area contributed by atoms with Crippen LogP contribution >= 0.6 is 0 Å². The Bertz CT molecular complexity index is 533. The van der Waals surface area contributed by atoms with Gasteiger partial charge in [-0.15, -0.1) is 0 Å². The molecule has 6 heteroatoms. The van der Waals surface area contributed by atoms with E-state index in [1.165, 1.54) is 32.1 Å². The summed E-state index contributed by atoms with van der Waals surface area (Å²) < 4.78 is 25.2. The number of nitrogens with one attached hydrogen (secondary N) is 1. The second kappa shape index (κ2) is 5.76. The van der Waals surface area contributed by atoms with Crippen LogP contribution in [0.3, 0.4) is 0 Å². The van der Waals surface area contributed by atoms with E-state index < -0.39 is 9.84 Å². The molecule has 0 spiro atoms. The van der Waals surface area contributed by atoms with Crippen molar-refractivity contribution in [3.05, 3.63) is 12.4 Å². The van der Waals surface area contributed by atoms with Gasteiger partial charge in [-0.25, -0.2) is 13.4 Å². The molecule has 2 fully saturated rings. The normalized spacial score (nSPS) is 24.6. The molecule has 1 saturated heterocycles. The molecule has 1 aromatic rings. The van der Waals surface area contributed by atoms with Crippen molar-refractivity contribution >= 4 is 15.8 Å².